The minimum absolute atomic E-state index is 0.135. The van der Waals surface area contributed by atoms with Gasteiger partial charge in [0.1, 0.15) is 10.6 Å². The summed E-state index contributed by atoms with van der Waals surface area (Å²) in [5, 5.41) is 9.52. The van der Waals surface area contributed by atoms with Crippen LogP contribution in [0.15, 0.2) is 35.7 Å². The number of hydrogen-bond donors (Lipinski definition) is 4. The van der Waals surface area contributed by atoms with Crippen LogP contribution >= 0.6 is 11.3 Å². The molecule has 12 heteroatoms. The lowest BCUT2D eigenvalue weighted by Gasteiger charge is -2.31. The molecule has 0 unspecified atom stereocenters. The van der Waals surface area contributed by atoms with Gasteiger partial charge in [-0.15, -0.1) is 11.3 Å². The number of hydrogen-bond acceptors (Lipinski definition) is 8. The van der Waals surface area contributed by atoms with Crippen molar-refractivity contribution in [3.05, 3.63) is 35.7 Å². The molecule has 34 heavy (non-hydrogen) atoms. The Labute approximate surface area is 203 Å². The van der Waals surface area contributed by atoms with Crippen molar-refractivity contribution in [2.45, 2.75) is 44.4 Å². The third-order valence-electron chi connectivity index (χ3n) is 5.65. The maximum Gasteiger partial charge on any atom is 0.314 e. The zero-order chi connectivity index (χ0) is 24.5. The predicted octanol–water partition coefficient (Wildman–Crippen LogP) is 3.93. The molecule has 1 fully saturated rings. The molecule has 5 N–H and O–H groups in total. The van der Waals surface area contributed by atoms with Gasteiger partial charge in [-0.2, -0.15) is 4.98 Å². The number of nitrogens with two attached hydrogens (primary N) is 1. The van der Waals surface area contributed by atoms with Crippen molar-refractivity contribution in [3.63, 3.8) is 0 Å². The molecule has 0 aliphatic carbocycles. The first-order valence-corrected chi connectivity index (χ1v) is 13.3. The number of likely N-dealkylation sites (tertiary alicyclic amines) is 1. The number of carbonyl (C=O) groups excluding carboxylic acids is 1. The van der Waals surface area contributed by atoms with E-state index in [4.69, 9.17) is 5.73 Å². The number of carbonyl (C=O) groups is 1. The van der Waals surface area contributed by atoms with Crippen molar-refractivity contribution in [2.75, 3.05) is 28.4 Å². The summed E-state index contributed by atoms with van der Waals surface area (Å²) in [5.41, 5.74) is 6.53. The van der Waals surface area contributed by atoms with Gasteiger partial charge in [-0.25, -0.2) is 18.2 Å². The van der Waals surface area contributed by atoms with Gasteiger partial charge in [-0.1, -0.05) is 6.07 Å². The molecule has 1 saturated heterocycles. The van der Waals surface area contributed by atoms with Gasteiger partial charge in [0.05, 0.1) is 15.8 Å². The number of fused-ring (bicyclic) bond motifs is 1. The molecule has 2 aromatic heterocycles. The highest BCUT2D eigenvalue weighted by molar-refractivity contribution is 7.94. The normalized spacial score (nSPS) is 15.3. The summed E-state index contributed by atoms with van der Waals surface area (Å²) in [6, 6.07) is 8.76. The Bertz CT molecular complexity index is 1290. The lowest BCUT2D eigenvalue weighted by Crippen LogP contribution is -2.44. The molecule has 1 aliphatic heterocycles. The number of nitrogens with one attached hydrogen (secondary N) is 3. The second-order valence-corrected chi connectivity index (χ2v) is 12.5. The van der Waals surface area contributed by atoms with Gasteiger partial charge in [0.25, 0.3) is 0 Å². The van der Waals surface area contributed by atoms with Gasteiger partial charge in [0.15, 0.2) is 0 Å². The van der Waals surface area contributed by atoms with Crippen molar-refractivity contribution in [1.82, 2.24) is 14.9 Å². The van der Waals surface area contributed by atoms with Gasteiger partial charge in [-0.05, 0) is 63.3 Å². The van der Waals surface area contributed by atoms with E-state index in [1.807, 2.05) is 17.5 Å². The first-order chi connectivity index (χ1) is 16.0. The molecular formula is C22H29N7O3S2. The first kappa shape index (κ1) is 24.0. The molecule has 0 spiro atoms. The van der Waals surface area contributed by atoms with Crippen molar-refractivity contribution < 1.29 is 13.2 Å². The van der Waals surface area contributed by atoms with E-state index < -0.39 is 20.8 Å². The van der Waals surface area contributed by atoms with Gasteiger partial charge in [0.2, 0.25) is 16.0 Å². The topological polar surface area (TPSA) is 142 Å². The zero-order valence-electron chi connectivity index (χ0n) is 19.3. The van der Waals surface area contributed by atoms with Crippen LogP contribution in [0.5, 0.6) is 0 Å². The molecule has 1 aliphatic rings. The fourth-order valence-corrected chi connectivity index (χ4v) is 5.05. The van der Waals surface area contributed by atoms with Crippen molar-refractivity contribution in [3.8, 4) is 0 Å². The summed E-state index contributed by atoms with van der Waals surface area (Å²) < 4.78 is 26.8. The van der Waals surface area contributed by atoms with Crippen LogP contribution in [-0.2, 0) is 10.0 Å². The highest BCUT2D eigenvalue weighted by Crippen LogP contribution is 2.30. The number of nitrogens with zero attached hydrogens (tertiary/aromatic N) is 3. The molecule has 0 saturated carbocycles. The average Bonchev–Trinajstić information content (AvgIpc) is 3.22. The van der Waals surface area contributed by atoms with E-state index in [9.17, 15) is 13.2 Å². The van der Waals surface area contributed by atoms with Crippen LogP contribution in [0.3, 0.4) is 0 Å². The van der Waals surface area contributed by atoms with Gasteiger partial charge >= 0.3 is 6.03 Å². The molecule has 2 amide bonds. The fraction of sp³-hybridized carbons (Fsp3) is 0.409. The summed E-state index contributed by atoms with van der Waals surface area (Å²) in [6.07, 6.45) is 1.51. The summed E-state index contributed by atoms with van der Waals surface area (Å²) in [6.45, 7) is 6.14. The molecule has 3 aromatic rings. The lowest BCUT2D eigenvalue weighted by molar-refractivity contribution is 0.193. The monoisotopic (exact) mass is 503 g/mol. The summed E-state index contributed by atoms with van der Waals surface area (Å²) in [5.74, 6) is 1.12. The Balaban J connectivity index is 1.54. The Morgan fingerprint density at radius 3 is 2.53 bits per heavy atom. The number of thiophene rings is 1. The molecule has 1 aromatic carbocycles. The molecule has 0 radical (unpaired) electrons. The van der Waals surface area contributed by atoms with Crippen LogP contribution < -0.4 is 21.1 Å². The van der Waals surface area contributed by atoms with E-state index in [2.05, 4.69) is 25.3 Å². The van der Waals surface area contributed by atoms with Crippen molar-refractivity contribution in [1.29, 1.82) is 0 Å². The molecule has 0 atom stereocenters. The maximum atomic E-state index is 12.5. The van der Waals surface area contributed by atoms with Crippen molar-refractivity contribution in [2.24, 2.45) is 5.73 Å². The highest BCUT2D eigenvalue weighted by atomic mass is 32.2. The van der Waals surface area contributed by atoms with Gasteiger partial charge in [-0.3, -0.25) is 4.72 Å². The van der Waals surface area contributed by atoms with Gasteiger partial charge < -0.3 is 21.3 Å². The smallest absolute Gasteiger partial charge is 0.314 e. The maximum absolute atomic E-state index is 12.5. The molecule has 4 rings (SSSR count). The summed E-state index contributed by atoms with van der Waals surface area (Å²) in [4.78, 5) is 23.2. The Morgan fingerprint density at radius 1 is 1.15 bits per heavy atom. The standard InChI is InChI=1S/C22H29N7O3S2/c1-22(2,3)34(31,32)28-16-6-4-5-15(13-16)24-18-17-9-12-33-19(17)27-21(26-18)25-14-7-10-29(11-8-14)20(23)30/h4-6,9,12-14,28H,7-8,10-11H2,1-3H3,(H2,23,30)(H2,24,25,26,27). The Morgan fingerprint density at radius 2 is 1.85 bits per heavy atom. The second-order valence-electron chi connectivity index (χ2n) is 9.20. The minimum atomic E-state index is -3.54. The highest BCUT2D eigenvalue weighted by Gasteiger charge is 2.29. The van der Waals surface area contributed by atoms with Crippen LogP contribution in [0.25, 0.3) is 10.2 Å². The summed E-state index contributed by atoms with van der Waals surface area (Å²) >= 11 is 1.51. The van der Waals surface area contributed by atoms with Crippen LogP contribution in [0.1, 0.15) is 33.6 Å². The SMILES string of the molecule is CC(C)(C)S(=O)(=O)Nc1cccc(Nc2nc(NC3CCN(C(N)=O)CC3)nc3sccc23)c1. The minimum Gasteiger partial charge on any atom is -0.351 e. The van der Waals surface area contributed by atoms with Crippen LogP contribution in [0, 0.1) is 0 Å². The first-order valence-electron chi connectivity index (χ1n) is 11.0. The van der Waals surface area contributed by atoms with Crippen LogP contribution in [-0.4, -0.2) is 53.2 Å². The summed E-state index contributed by atoms with van der Waals surface area (Å²) in [7, 11) is -3.54. The van der Waals surface area contributed by atoms with Gasteiger partial charge in [0, 0.05) is 24.8 Å². The van der Waals surface area contributed by atoms with E-state index in [-0.39, 0.29) is 6.04 Å². The second kappa shape index (κ2) is 9.26. The number of urea groups is 1. The van der Waals surface area contributed by atoms with Crippen LogP contribution in [0.2, 0.25) is 0 Å². The molecule has 182 valence electrons. The van der Waals surface area contributed by atoms with E-state index in [1.54, 1.807) is 43.9 Å². The molecule has 3 heterocycles. The molecule has 0 bridgehead atoms. The third kappa shape index (κ3) is 5.33. The van der Waals surface area contributed by atoms with E-state index in [1.165, 1.54) is 11.3 Å². The largest absolute Gasteiger partial charge is 0.351 e. The third-order valence-corrected chi connectivity index (χ3v) is 8.57. The number of sulfonamides is 1. The number of aromatic nitrogens is 2. The quantitative estimate of drug-likeness (QED) is 0.399. The number of anilines is 4. The van der Waals surface area contributed by atoms with E-state index >= 15 is 0 Å². The average molecular weight is 504 g/mol. The number of primary amides is 1. The van der Waals surface area contributed by atoms with Crippen molar-refractivity contribution >= 4 is 60.7 Å². The predicted molar refractivity (Wildman–Crippen MR) is 137 cm³/mol. The molecular weight excluding hydrogens is 474 g/mol. The Kier molecular flexibility index (Phi) is 6.54. The number of amides is 2. The lowest BCUT2D eigenvalue weighted by atomic mass is 10.1. The molecule has 10 nitrogen and oxygen atoms in total. The Hall–Kier alpha value is -3.12. The number of benzene rings is 1. The van der Waals surface area contributed by atoms with E-state index in [0.29, 0.717) is 36.2 Å². The van der Waals surface area contributed by atoms with Crippen LogP contribution in [0.4, 0.5) is 27.9 Å². The van der Waals surface area contributed by atoms with E-state index in [0.717, 1.165) is 23.1 Å². The number of piperidine rings is 1. The fourth-order valence-electron chi connectivity index (χ4n) is 3.55. The number of rotatable bonds is 6. The zero-order valence-corrected chi connectivity index (χ0v) is 21.0.